The van der Waals surface area contributed by atoms with Gasteiger partial charge in [0.05, 0.1) is 6.04 Å². The number of benzene rings is 2. The van der Waals surface area contributed by atoms with E-state index in [1.807, 2.05) is 51.1 Å². The van der Waals surface area contributed by atoms with Crippen LogP contribution >= 0.6 is 11.6 Å². The topological polar surface area (TPSA) is 12.0 Å². The number of rotatable bonds is 4. The van der Waals surface area contributed by atoms with Crippen molar-refractivity contribution in [3.63, 3.8) is 0 Å². The van der Waals surface area contributed by atoms with Crippen LogP contribution in [0, 0.1) is 19.7 Å². The van der Waals surface area contributed by atoms with Crippen molar-refractivity contribution in [2.45, 2.75) is 26.8 Å². The van der Waals surface area contributed by atoms with Crippen molar-refractivity contribution < 1.29 is 4.39 Å². The van der Waals surface area contributed by atoms with E-state index in [0.29, 0.717) is 10.6 Å². The van der Waals surface area contributed by atoms with Crippen molar-refractivity contribution in [2.24, 2.45) is 0 Å². The molecule has 1 N–H and O–H groups in total. The molecule has 2 aromatic carbocycles. The fourth-order valence-corrected chi connectivity index (χ4v) is 2.82. The van der Waals surface area contributed by atoms with Crippen LogP contribution in [-0.4, -0.2) is 6.54 Å². The molecule has 20 heavy (non-hydrogen) atoms. The second-order valence-electron chi connectivity index (χ2n) is 4.99. The Balaban J connectivity index is 2.58. The monoisotopic (exact) mass is 291 g/mol. The SMILES string of the molecule is CCNC(c1ccccc1Cl)c1c(C)cc(C)cc1F. The molecule has 0 saturated heterocycles. The first-order chi connectivity index (χ1) is 9.54. The summed E-state index contributed by atoms with van der Waals surface area (Å²) in [5, 5.41) is 3.98. The van der Waals surface area contributed by atoms with Gasteiger partial charge in [-0.3, -0.25) is 0 Å². The van der Waals surface area contributed by atoms with Crippen molar-refractivity contribution >= 4 is 11.6 Å². The summed E-state index contributed by atoms with van der Waals surface area (Å²) >= 11 is 6.28. The summed E-state index contributed by atoms with van der Waals surface area (Å²) in [6.07, 6.45) is 0. The van der Waals surface area contributed by atoms with Crippen LogP contribution in [0.1, 0.15) is 35.2 Å². The summed E-state index contributed by atoms with van der Waals surface area (Å²) in [6, 6.07) is 10.9. The number of halogens is 2. The van der Waals surface area contributed by atoms with Crippen LogP contribution in [0.4, 0.5) is 4.39 Å². The zero-order chi connectivity index (χ0) is 14.7. The number of hydrogen-bond acceptors (Lipinski definition) is 1. The van der Waals surface area contributed by atoms with Crippen molar-refractivity contribution in [3.8, 4) is 0 Å². The van der Waals surface area contributed by atoms with Gasteiger partial charge in [-0.15, -0.1) is 0 Å². The Labute approximate surface area is 124 Å². The lowest BCUT2D eigenvalue weighted by molar-refractivity contribution is 0.555. The van der Waals surface area contributed by atoms with Crippen LogP contribution in [0.2, 0.25) is 5.02 Å². The van der Waals surface area contributed by atoms with Crippen LogP contribution in [0.15, 0.2) is 36.4 Å². The molecule has 3 heteroatoms. The van der Waals surface area contributed by atoms with E-state index in [0.717, 1.165) is 23.2 Å². The molecule has 0 spiro atoms. The van der Waals surface area contributed by atoms with Crippen LogP contribution in [0.3, 0.4) is 0 Å². The lowest BCUT2D eigenvalue weighted by atomic mass is 9.93. The molecule has 2 rings (SSSR count). The zero-order valence-electron chi connectivity index (χ0n) is 12.0. The molecular formula is C17H19ClFN. The van der Waals surface area contributed by atoms with Crippen LogP contribution in [0.25, 0.3) is 0 Å². The van der Waals surface area contributed by atoms with Gasteiger partial charge >= 0.3 is 0 Å². The van der Waals surface area contributed by atoms with E-state index >= 15 is 0 Å². The van der Waals surface area contributed by atoms with Crippen molar-refractivity contribution in [1.29, 1.82) is 0 Å². The highest BCUT2D eigenvalue weighted by Gasteiger charge is 2.21. The molecule has 0 aliphatic heterocycles. The van der Waals surface area contributed by atoms with Gasteiger partial charge in [0.2, 0.25) is 0 Å². The molecule has 106 valence electrons. The lowest BCUT2D eigenvalue weighted by Crippen LogP contribution is -2.24. The normalized spacial score (nSPS) is 12.4. The van der Waals surface area contributed by atoms with Crippen LogP contribution < -0.4 is 5.32 Å². The minimum atomic E-state index is -0.228. The maximum Gasteiger partial charge on any atom is 0.128 e. The molecule has 0 radical (unpaired) electrons. The molecule has 1 unspecified atom stereocenters. The quantitative estimate of drug-likeness (QED) is 0.853. The number of hydrogen-bond donors (Lipinski definition) is 1. The van der Waals surface area contributed by atoms with Gasteiger partial charge in [0, 0.05) is 10.6 Å². The fourth-order valence-electron chi connectivity index (χ4n) is 2.57. The molecule has 0 bridgehead atoms. The number of nitrogens with one attached hydrogen (secondary N) is 1. The molecule has 0 saturated carbocycles. The van der Waals surface area contributed by atoms with Crippen molar-refractivity contribution in [3.05, 3.63) is 69.5 Å². The van der Waals surface area contributed by atoms with E-state index in [-0.39, 0.29) is 11.9 Å². The van der Waals surface area contributed by atoms with Crippen molar-refractivity contribution in [1.82, 2.24) is 5.32 Å². The summed E-state index contributed by atoms with van der Waals surface area (Å²) in [5.41, 5.74) is 3.44. The van der Waals surface area contributed by atoms with Gasteiger partial charge < -0.3 is 5.32 Å². The second kappa shape index (κ2) is 6.38. The minimum Gasteiger partial charge on any atom is -0.306 e. The highest BCUT2D eigenvalue weighted by atomic mass is 35.5. The summed E-state index contributed by atoms with van der Waals surface area (Å²) in [5.74, 6) is -0.187. The third-order valence-electron chi connectivity index (χ3n) is 3.39. The van der Waals surface area contributed by atoms with Crippen LogP contribution in [0.5, 0.6) is 0 Å². The van der Waals surface area contributed by atoms with Gasteiger partial charge in [0.25, 0.3) is 0 Å². The highest BCUT2D eigenvalue weighted by molar-refractivity contribution is 6.31. The molecule has 0 amide bonds. The van der Waals surface area contributed by atoms with E-state index in [1.165, 1.54) is 0 Å². The minimum absolute atomic E-state index is 0.187. The fraction of sp³-hybridized carbons (Fsp3) is 0.294. The Morgan fingerprint density at radius 2 is 1.90 bits per heavy atom. The Bertz CT molecular complexity index is 587. The van der Waals surface area contributed by atoms with Gasteiger partial charge in [-0.25, -0.2) is 4.39 Å². The van der Waals surface area contributed by atoms with E-state index in [9.17, 15) is 4.39 Å². The molecule has 0 heterocycles. The Morgan fingerprint density at radius 1 is 1.20 bits per heavy atom. The zero-order valence-corrected chi connectivity index (χ0v) is 12.8. The van der Waals surface area contributed by atoms with E-state index in [2.05, 4.69) is 5.32 Å². The van der Waals surface area contributed by atoms with E-state index < -0.39 is 0 Å². The largest absolute Gasteiger partial charge is 0.306 e. The molecule has 0 aliphatic carbocycles. The Hall–Kier alpha value is -1.38. The summed E-state index contributed by atoms with van der Waals surface area (Å²) in [7, 11) is 0. The summed E-state index contributed by atoms with van der Waals surface area (Å²) < 4.78 is 14.4. The Kier molecular flexibility index (Phi) is 4.79. The third-order valence-corrected chi connectivity index (χ3v) is 3.74. The van der Waals surface area contributed by atoms with Gasteiger partial charge in [-0.05, 0) is 49.2 Å². The first-order valence-corrected chi connectivity index (χ1v) is 7.16. The molecule has 1 atom stereocenters. The molecule has 1 nitrogen and oxygen atoms in total. The molecular weight excluding hydrogens is 273 g/mol. The lowest BCUT2D eigenvalue weighted by Gasteiger charge is -2.23. The van der Waals surface area contributed by atoms with Gasteiger partial charge in [0.15, 0.2) is 0 Å². The third kappa shape index (κ3) is 3.02. The van der Waals surface area contributed by atoms with Gasteiger partial charge in [-0.1, -0.05) is 42.8 Å². The van der Waals surface area contributed by atoms with E-state index in [4.69, 9.17) is 11.6 Å². The predicted molar refractivity (Wildman–Crippen MR) is 82.8 cm³/mol. The predicted octanol–water partition coefficient (Wildman–Crippen LogP) is 4.79. The summed E-state index contributed by atoms with van der Waals surface area (Å²) in [4.78, 5) is 0. The average molecular weight is 292 g/mol. The molecule has 0 fully saturated rings. The molecule has 0 aromatic heterocycles. The molecule has 2 aromatic rings. The standard InChI is InChI=1S/C17H19ClFN/c1-4-20-17(13-7-5-6-8-14(13)18)16-12(3)9-11(2)10-15(16)19/h5-10,17,20H,4H2,1-3H3. The van der Waals surface area contributed by atoms with Crippen molar-refractivity contribution in [2.75, 3.05) is 6.54 Å². The molecule has 0 aliphatic rings. The maximum atomic E-state index is 14.4. The summed E-state index contributed by atoms with van der Waals surface area (Å²) in [6.45, 7) is 6.58. The maximum absolute atomic E-state index is 14.4. The second-order valence-corrected chi connectivity index (χ2v) is 5.40. The van der Waals surface area contributed by atoms with Gasteiger partial charge in [0.1, 0.15) is 5.82 Å². The first kappa shape index (κ1) is 15.0. The highest BCUT2D eigenvalue weighted by Crippen LogP contribution is 2.32. The van der Waals surface area contributed by atoms with E-state index in [1.54, 1.807) is 6.07 Å². The first-order valence-electron chi connectivity index (χ1n) is 6.79. The number of aryl methyl sites for hydroxylation is 2. The Morgan fingerprint density at radius 3 is 2.50 bits per heavy atom. The van der Waals surface area contributed by atoms with Crippen LogP contribution in [-0.2, 0) is 0 Å². The smallest absolute Gasteiger partial charge is 0.128 e. The average Bonchev–Trinajstić information content (AvgIpc) is 2.37. The van der Waals surface area contributed by atoms with Gasteiger partial charge in [-0.2, -0.15) is 0 Å².